The Morgan fingerprint density at radius 1 is 1.08 bits per heavy atom. The highest BCUT2D eigenvalue weighted by atomic mass is 35.5. The number of hydrogen-bond acceptors (Lipinski definition) is 5. The van der Waals surface area contributed by atoms with Crippen LogP contribution in [-0.4, -0.2) is 37.2 Å². The summed E-state index contributed by atoms with van der Waals surface area (Å²) in [5.41, 5.74) is 2.83. The van der Waals surface area contributed by atoms with Gasteiger partial charge in [0.15, 0.2) is 0 Å². The fraction of sp³-hybridized carbons (Fsp3) is 0.222. The van der Waals surface area contributed by atoms with E-state index in [0.29, 0.717) is 23.6 Å². The summed E-state index contributed by atoms with van der Waals surface area (Å²) in [6.07, 6.45) is 2.17. The molecule has 0 saturated heterocycles. The number of benzene rings is 3. The molecular formula is C27H29Cl2NO5S. The van der Waals surface area contributed by atoms with Gasteiger partial charge in [0.1, 0.15) is 0 Å². The van der Waals surface area contributed by atoms with Crippen LogP contribution in [0.4, 0.5) is 0 Å². The first kappa shape index (κ1) is 29.5. The lowest BCUT2D eigenvalue weighted by Gasteiger charge is -2.18. The van der Waals surface area contributed by atoms with Crippen molar-refractivity contribution in [3.05, 3.63) is 100 Å². The first-order valence-electron chi connectivity index (χ1n) is 11.1. The van der Waals surface area contributed by atoms with E-state index in [1.807, 2.05) is 19.9 Å². The number of carbonyl (C=O) groups is 1. The Kier molecular flexibility index (Phi) is 10.7. The minimum absolute atomic E-state index is 0. The number of aryl methyl sites for hydroxylation is 1. The van der Waals surface area contributed by atoms with Gasteiger partial charge in [0, 0.05) is 23.7 Å². The van der Waals surface area contributed by atoms with Gasteiger partial charge in [0.25, 0.3) is 0 Å². The van der Waals surface area contributed by atoms with E-state index in [9.17, 15) is 18.3 Å². The summed E-state index contributed by atoms with van der Waals surface area (Å²) in [6.45, 7) is 4.16. The molecule has 0 aliphatic heterocycles. The molecule has 3 N–H and O–H groups in total. The zero-order chi connectivity index (χ0) is 25.6. The Labute approximate surface area is 223 Å². The molecule has 0 aromatic heterocycles. The Hall–Kier alpha value is -2.68. The van der Waals surface area contributed by atoms with Crippen molar-refractivity contribution in [3.63, 3.8) is 0 Å². The maximum Gasteiger partial charge on any atom is 0.328 e. The quantitative estimate of drug-likeness (QED) is 0.298. The van der Waals surface area contributed by atoms with Gasteiger partial charge < -0.3 is 15.5 Å². The van der Waals surface area contributed by atoms with Gasteiger partial charge in [-0.05, 0) is 73.4 Å². The first-order valence-corrected chi connectivity index (χ1v) is 12.9. The van der Waals surface area contributed by atoms with Crippen molar-refractivity contribution >= 4 is 45.9 Å². The molecule has 0 heterocycles. The van der Waals surface area contributed by atoms with Gasteiger partial charge in [-0.15, -0.1) is 12.4 Å². The van der Waals surface area contributed by atoms with Crippen molar-refractivity contribution < 1.29 is 23.4 Å². The van der Waals surface area contributed by atoms with Crippen LogP contribution in [0.1, 0.15) is 35.3 Å². The third kappa shape index (κ3) is 7.91. The van der Waals surface area contributed by atoms with Crippen molar-refractivity contribution in [2.45, 2.75) is 42.2 Å². The van der Waals surface area contributed by atoms with Gasteiger partial charge in [0.05, 0.1) is 15.9 Å². The van der Waals surface area contributed by atoms with Crippen LogP contribution in [-0.2, 0) is 21.1 Å². The van der Waals surface area contributed by atoms with Crippen molar-refractivity contribution in [3.8, 4) is 0 Å². The normalized spacial score (nSPS) is 13.2. The topological polar surface area (TPSA) is 104 Å². The molecule has 3 aromatic rings. The van der Waals surface area contributed by atoms with Crippen molar-refractivity contribution in [1.82, 2.24) is 5.32 Å². The van der Waals surface area contributed by atoms with Crippen LogP contribution in [0.25, 0.3) is 6.08 Å². The number of aliphatic carboxylic acids is 1. The van der Waals surface area contributed by atoms with Gasteiger partial charge >= 0.3 is 5.97 Å². The highest BCUT2D eigenvalue weighted by molar-refractivity contribution is 7.91. The molecule has 9 heteroatoms. The Bertz CT molecular complexity index is 1320. The predicted molar refractivity (Wildman–Crippen MR) is 145 cm³/mol. The second kappa shape index (κ2) is 13.0. The lowest BCUT2D eigenvalue weighted by atomic mass is 10.1. The van der Waals surface area contributed by atoms with E-state index >= 15 is 0 Å². The monoisotopic (exact) mass is 549 g/mol. The first-order chi connectivity index (χ1) is 16.6. The van der Waals surface area contributed by atoms with Crippen LogP contribution in [0.5, 0.6) is 0 Å². The molecule has 3 rings (SSSR count). The van der Waals surface area contributed by atoms with E-state index in [1.165, 1.54) is 12.1 Å². The second-order valence-electron chi connectivity index (χ2n) is 8.44. The average Bonchev–Trinajstić information content (AvgIpc) is 2.81. The fourth-order valence-electron chi connectivity index (χ4n) is 3.71. The fourth-order valence-corrected chi connectivity index (χ4v) is 5.34. The van der Waals surface area contributed by atoms with E-state index in [-0.39, 0.29) is 28.2 Å². The largest absolute Gasteiger partial charge is 0.478 e. The molecule has 192 valence electrons. The molecule has 0 aliphatic carbocycles. The van der Waals surface area contributed by atoms with Crippen molar-refractivity contribution in [1.29, 1.82) is 0 Å². The Morgan fingerprint density at radius 3 is 2.42 bits per heavy atom. The molecule has 0 spiro atoms. The molecule has 6 nitrogen and oxygen atoms in total. The van der Waals surface area contributed by atoms with Crippen LogP contribution in [0, 0.1) is 6.92 Å². The summed E-state index contributed by atoms with van der Waals surface area (Å²) >= 11 is 5.99. The molecular weight excluding hydrogens is 521 g/mol. The molecule has 0 fully saturated rings. The van der Waals surface area contributed by atoms with Gasteiger partial charge in [-0.1, -0.05) is 53.6 Å². The second-order valence-corrected chi connectivity index (χ2v) is 10.8. The number of nitrogens with one attached hydrogen (secondary N) is 1. The summed E-state index contributed by atoms with van der Waals surface area (Å²) in [5, 5.41) is 23.2. The molecule has 0 amide bonds. The molecule has 0 unspecified atom stereocenters. The van der Waals surface area contributed by atoms with Crippen LogP contribution in [0.15, 0.2) is 82.6 Å². The number of rotatable bonds is 10. The third-order valence-corrected chi connectivity index (χ3v) is 7.61. The number of hydrogen-bond donors (Lipinski definition) is 3. The molecule has 0 bridgehead atoms. The van der Waals surface area contributed by atoms with Crippen LogP contribution in [0.3, 0.4) is 0 Å². The van der Waals surface area contributed by atoms with E-state index in [4.69, 9.17) is 16.7 Å². The van der Waals surface area contributed by atoms with Gasteiger partial charge in [-0.2, -0.15) is 0 Å². The van der Waals surface area contributed by atoms with Gasteiger partial charge in [0.2, 0.25) is 9.84 Å². The summed E-state index contributed by atoms with van der Waals surface area (Å²) in [5.74, 6) is -1.15. The summed E-state index contributed by atoms with van der Waals surface area (Å²) in [7, 11) is -3.84. The van der Waals surface area contributed by atoms with Gasteiger partial charge in [-0.3, -0.25) is 0 Å². The van der Waals surface area contributed by atoms with Gasteiger partial charge in [-0.25, -0.2) is 13.2 Å². The lowest BCUT2D eigenvalue weighted by Crippen LogP contribution is -2.32. The molecule has 0 aliphatic rings. The molecule has 2 atom stereocenters. The van der Waals surface area contributed by atoms with Crippen LogP contribution < -0.4 is 5.32 Å². The standard InChI is InChI=1S/C27H28ClNO5S.ClH/c1-18-6-12-26(22(14-18)9-13-27(31)32)35(33,34)24-10-7-20(8-11-24)15-19(2)29-17-25(30)21-4-3-5-23(28)16-21;/h3-14,16,19,25,29-30H,15,17H2,1-2H3,(H,31,32);1H/t19-,25+;/m1./s1. The third-order valence-electron chi connectivity index (χ3n) is 5.53. The SMILES string of the molecule is Cc1ccc(S(=O)(=O)c2ccc(C[C@@H](C)NC[C@H](O)c3cccc(Cl)c3)cc2)c(C=CC(=O)O)c1.Cl. The average molecular weight is 551 g/mol. The highest BCUT2D eigenvalue weighted by Crippen LogP contribution is 2.26. The molecule has 0 saturated carbocycles. The Balaban J connectivity index is 0.00000456. The van der Waals surface area contributed by atoms with Crippen molar-refractivity contribution in [2.24, 2.45) is 0 Å². The number of sulfone groups is 1. The zero-order valence-corrected chi connectivity index (χ0v) is 22.3. The predicted octanol–water partition coefficient (Wildman–Crippen LogP) is 5.26. The smallest absolute Gasteiger partial charge is 0.328 e. The number of halogens is 2. The minimum Gasteiger partial charge on any atom is -0.478 e. The lowest BCUT2D eigenvalue weighted by molar-refractivity contribution is -0.131. The highest BCUT2D eigenvalue weighted by Gasteiger charge is 2.21. The maximum absolute atomic E-state index is 13.2. The minimum atomic E-state index is -3.84. The summed E-state index contributed by atoms with van der Waals surface area (Å²) in [4.78, 5) is 11.1. The summed E-state index contributed by atoms with van der Waals surface area (Å²) in [6, 6.07) is 18.6. The van der Waals surface area contributed by atoms with Crippen LogP contribution >= 0.6 is 24.0 Å². The van der Waals surface area contributed by atoms with Crippen LogP contribution in [0.2, 0.25) is 5.02 Å². The number of aliphatic hydroxyl groups excluding tert-OH is 1. The van der Waals surface area contributed by atoms with E-state index in [2.05, 4.69) is 5.32 Å². The number of carboxylic acid groups (broad SMARTS) is 1. The molecule has 36 heavy (non-hydrogen) atoms. The number of carboxylic acids is 1. The summed E-state index contributed by atoms with van der Waals surface area (Å²) < 4.78 is 26.5. The maximum atomic E-state index is 13.2. The van der Waals surface area contributed by atoms with E-state index in [0.717, 1.165) is 22.8 Å². The number of aliphatic hydroxyl groups is 1. The molecule has 0 radical (unpaired) electrons. The van der Waals surface area contributed by atoms with E-state index in [1.54, 1.807) is 54.6 Å². The molecule has 3 aromatic carbocycles. The van der Waals surface area contributed by atoms with E-state index < -0.39 is 21.9 Å². The van der Waals surface area contributed by atoms with Crippen molar-refractivity contribution in [2.75, 3.05) is 6.54 Å². The Morgan fingerprint density at radius 2 is 1.78 bits per heavy atom. The zero-order valence-electron chi connectivity index (χ0n) is 19.9.